The average Bonchev–Trinajstić information content (AvgIpc) is 3.47. The van der Waals surface area contributed by atoms with Crippen molar-refractivity contribution in [3.8, 4) is 11.5 Å². The van der Waals surface area contributed by atoms with E-state index in [-0.39, 0.29) is 11.8 Å². The molecular formula is C28H38N4O4S. The van der Waals surface area contributed by atoms with Crippen molar-refractivity contribution in [1.82, 2.24) is 14.8 Å². The zero-order valence-electron chi connectivity index (χ0n) is 22.0. The second-order valence-electron chi connectivity index (χ2n) is 10.3. The van der Waals surface area contributed by atoms with E-state index in [4.69, 9.17) is 14.5 Å². The largest absolute Gasteiger partial charge is 0.497 e. The molecule has 8 nitrogen and oxygen atoms in total. The molecule has 0 radical (unpaired) electrons. The van der Waals surface area contributed by atoms with Gasteiger partial charge in [-0.2, -0.15) is 0 Å². The fourth-order valence-corrected chi connectivity index (χ4v) is 6.85. The molecule has 2 amide bonds. The van der Waals surface area contributed by atoms with Crippen molar-refractivity contribution in [2.75, 3.05) is 58.4 Å². The van der Waals surface area contributed by atoms with Gasteiger partial charge in [-0.25, -0.2) is 4.98 Å². The second-order valence-corrected chi connectivity index (χ2v) is 11.2. The minimum atomic E-state index is 0.00811. The van der Waals surface area contributed by atoms with Crippen LogP contribution in [0.5, 0.6) is 11.5 Å². The summed E-state index contributed by atoms with van der Waals surface area (Å²) in [6.07, 6.45) is 7.62. The lowest BCUT2D eigenvalue weighted by molar-refractivity contribution is -0.137. The smallest absolute Gasteiger partial charge is 0.273 e. The van der Waals surface area contributed by atoms with Crippen molar-refractivity contribution in [2.24, 2.45) is 5.92 Å². The summed E-state index contributed by atoms with van der Waals surface area (Å²) in [4.78, 5) is 37.1. The van der Waals surface area contributed by atoms with Gasteiger partial charge in [0.25, 0.3) is 5.91 Å². The molecule has 200 valence electrons. The summed E-state index contributed by atoms with van der Waals surface area (Å²) in [6, 6.07) is 5.83. The minimum absolute atomic E-state index is 0.00811. The number of hydrogen-bond donors (Lipinski definition) is 0. The van der Waals surface area contributed by atoms with Crippen molar-refractivity contribution in [2.45, 2.75) is 50.9 Å². The Labute approximate surface area is 223 Å². The number of benzene rings is 1. The van der Waals surface area contributed by atoms with Gasteiger partial charge >= 0.3 is 0 Å². The van der Waals surface area contributed by atoms with Crippen LogP contribution in [-0.4, -0.2) is 80.1 Å². The lowest BCUT2D eigenvalue weighted by Gasteiger charge is -2.36. The third-order valence-electron chi connectivity index (χ3n) is 8.15. The highest BCUT2D eigenvalue weighted by Crippen LogP contribution is 2.34. The van der Waals surface area contributed by atoms with Gasteiger partial charge in [0.1, 0.15) is 17.2 Å². The minimum Gasteiger partial charge on any atom is -0.497 e. The van der Waals surface area contributed by atoms with E-state index in [1.165, 1.54) is 19.3 Å². The van der Waals surface area contributed by atoms with Crippen molar-refractivity contribution >= 4 is 28.8 Å². The number of nitrogens with zero attached hydrogens (tertiary/aromatic N) is 4. The number of hydrogen-bond acceptors (Lipinski definition) is 7. The Balaban J connectivity index is 1.13. The molecule has 1 aromatic carbocycles. The number of ether oxygens (including phenoxy) is 2. The lowest BCUT2D eigenvalue weighted by atomic mass is 9.87. The highest BCUT2D eigenvalue weighted by molar-refractivity contribution is 7.09. The van der Waals surface area contributed by atoms with Crippen LogP contribution in [0.4, 0.5) is 5.69 Å². The van der Waals surface area contributed by atoms with Crippen LogP contribution in [0.15, 0.2) is 23.6 Å². The molecule has 3 heterocycles. The van der Waals surface area contributed by atoms with Gasteiger partial charge in [0.2, 0.25) is 5.91 Å². The van der Waals surface area contributed by atoms with Crippen molar-refractivity contribution in [3.63, 3.8) is 0 Å². The van der Waals surface area contributed by atoms with Crippen LogP contribution in [0.25, 0.3) is 0 Å². The first-order valence-corrected chi connectivity index (χ1v) is 14.5. The molecule has 2 aromatic rings. The standard InChI is InChI=1S/C28H38N4O4S/c1-35-22-8-9-24(25(18-22)36-2)30-14-16-32(17-15-30)28(34)23-19-37-26(29-23)20-10-12-31(13-11-20)27(33)21-6-4-3-5-7-21/h8-9,18-21H,3-7,10-17H2,1-2H3. The van der Waals surface area contributed by atoms with E-state index in [1.54, 1.807) is 25.6 Å². The predicted octanol–water partition coefficient (Wildman–Crippen LogP) is 4.41. The van der Waals surface area contributed by atoms with Gasteiger partial charge in [0.15, 0.2) is 0 Å². The number of rotatable bonds is 6. The van der Waals surface area contributed by atoms with E-state index in [0.29, 0.717) is 30.6 Å². The lowest BCUT2D eigenvalue weighted by Crippen LogP contribution is -2.49. The molecule has 0 unspecified atom stereocenters. The average molecular weight is 527 g/mol. The molecule has 1 aromatic heterocycles. The predicted molar refractivity (Wildman–Crippen MR) is 145 cm³/mol. The van der Waals surface area contributed by atoms with Gasteiger partial charge in [0.05, 0.1) is 24.9 Å². The maximum absolute atomic E-state index is 13.2. The van der Waals surface area contributed by atoms with Crippen molar-refractivity contribution in [3.05, 3.63) is 34.3 Å². The zero-order valence-corrected chi connectivity index (χ0v) is 22.8. The summed E-state index contributed by atoms with van der Waals surface area (Å²) >= 11 is 1.59. The van der Waals surface area contributed by atoms with Gasteiger partial charge in [-0.3, -0.25) is 9.59 Å². The van der Waals surface area contributed by atoms with E-state index in [0.717, 1.165) is 74.1 Å². The number of thiazole rings is 1. The summed E-state index contributed by atoms with van der Waals surface area (Å²) in [5.41, 5.74) is 1.57. The SMILES string of the molecule is COc1ccc(N2CCN(C(=O)c3csc(C4CCN(C(=O)C5CCCCC5)CC4)n3)CC2)c(OC)c1. The van der Waals surface area contributed by atoms with E-state index in [2.05, 4.69) is 9.80 Å². The summed E-state index contributed by atoms with van der Waals surface area (Å²) < 4.78 is 10.9. The first kappa shape index (κ1) is 25.8. The van der Waals surface area contributed by atoms with Crippen LogP contribution in [0, 0.1) is 5.92 Å². The number of methoxy groups -OCH3 is 2. The van der Waals surface area contributed by atoms with Crippen LogP contribution in [-0.2, 0) is 4.79 Å². The van der Waals surface area contributed by atoms with Gasteiger partial charge in [-0.05, 0) is 37.8 Å². The van der Waals surface area contributed by atoms with Crippen LogP contribution in [0.3, 0.4) is 0 Å². The number of piperazine rings is 1. The molecule has 37 heavy (non-hydrogen) atoms. The van der Waals surface area contributed by atoms with Gasteiger partial charge in [-0.1, -0.05) is 19.3 Å². The number of aromatic nitrogens is 1. The summed E-state index contributed by atoms with van der Waals surface area (Å²) in [7, 11) is 3.31. The van der Waals surface area contributed by atoms with Crippen molar-refractivity contribution in [1.29, 1.82) is 0 Å². The number of piperidine rings is 1. The van der Waals surface area contributed by atoms with E-state index >= 15 is 0 Å². The molecule has 5 rings (SSSR count). The zero-order chi connectivity index (χ0) is 25.8. The summed E-state index contributed by atoms with van der Waals surface area (Å²) in [5.74, 6) is 2.47. The Morgan fingerprint density at radius 2 is 1.62 bits per heavy atom. The highest BCUT2D eigenvalue weighted by Gasteiger charge is 2.31. The number of likely N-dealkylation sites (tertiary alicyclic amines) is 1. The van der Waals surface area contributed by atoms with Crippen LogP contribution in [0.1, 0.15) is 66.4 Å². The van der Waals surface area contributed by atoms with Crippen LogP contribution >= 0.6 is 11.3 Å². The fraction of sp³-hybridized carbons (Fsp3) is 0.607. The molecule has 0 spiro atoms. The van der Waals surface area contributed by atoms with Gasteiger partial charge in [0, 0.05) is 62.6 Å². The van der Waals surface area contributed by atoms with Crippen LogP contribution in [0.2, 0.25) is 0 Å². The maximum atomic E-state index is 13.2. The molecule has 1 saturated carbocycles. The molecule has 0 N–H and O–H groups in total. The highest BCUT2D eigenvalue weighted by atomic mass is 32.1. The Hall–Kier alpha value is -2.81. The summed E-state index contributed by atoms with van der Waals surface area (Å²) in [6.45, 7) is 4.36. The number of carbonyl (C=O) groups excluding carboxylic acids is 2. The number of carbonyl (C=O) groups is 2. The van der Waals surface area contributed by atoms with Gasteiger partial charge in [-0.15, -0.1) is 11.3 Å². The quantitative estimate of drug-likeness (QED) is 0.555. The maximum Gasteiger partial charge on any atom is 0.273 e. The third kappa shape index (κ3) is 5.71. The fourth-order valence-electron chi connectivity index (χ4n) is 5.89. The first-order chi connectivity index (χ1) is 18.1. The van der Waals surface area contributed by atoms with Crippen LogP contribution < -0.4 is 14.4 Å². The number of anilines is 1. The Bertz CT molecular complexity index is 1080. The van der Waals surface area contributed by atoms with E-state index in [1.807, 2.05) is 28.5 Å². The first-order valence-electron chi connectivity index (χ1n) is 13.6. The molecule has 2 aliphatic heterocycles. The molecular weight excluding hydrogens is 488 g/mol. The molecule has 9 heteroatoms. The van der Waals surface area contributed by atoms with Crippen molar-refractivity contribution < 1.29 is 19.1 Å². The van der Waals surface area contributed by atoms with E-state index in [9.17, 15) is 9.59 Å². The third-order valence-corrected chi connectivity index (χ3v) is 9.15. The molecule has 2 saturated heterocycles. The molecule has 3 aliphatic rings. The molecule has 0 atom stereocenters. The molecule has 0 bridgehead atoms. The molecule has 1 aliphatic carbocycles. The Morgan fingerprint density at radius 1 is 0.892 bits per heavy atom. The van der Waals surface area contributed by atoms with Gasteiger partial charge < -0.3 is 24.2 Å². The topological polar surface area (TPSA) is 75.2 Å². The monoisotopic (exact) mass is 526 g/mol. The Morgan fingerprint density at radius 3 is 2.30 bits per heavy atom. The molecule has 3 fully saturated rings. The Kier molecular flexibility index (Phi) is 8.17. The number of amides is 2. The normalized spacial score (nSPS) is 19.7. The summed E-state index contributed by atoms with van der Waals surface area (Å²) in [5, 5.41) is 2.95. The second kappa shape index (κ2) is 11.7. The van der Waals surface area contributed by atoms with E-state index < -0.39 is 0 Å².